The minimum Gasteiger partial charge on any atom is -0.474 e. The number of carbonyl (C=O) groups excluding carboxylic acids is 2. The van der Waals surface area contributed by atoms with Gasteiger partial charge in [-0.15, -0.1) is 0 Å². The molecule has 0 aliphatic rings. The van der Waals surface area contributed by atoms with E-state index >= 15 is 0 Å². The van der Waals surface area contributed by atoms with E-state index in [2.05, 4.69) is 38.2 Å². The molecule has 0 radical (unpaired) electrons. The van der Waals surface area contributed by atoms with E-state index in [-0.39, 0.29) is 19.1 Å². The Balaban J connectivity index is 2.05. The van der Waals surface area contributed by atoms with Crippen LogP contribution in [0.1, 0.15) is 6.42 Å². The van der Waals surface area contributed by atoms with Gasteiger partial charge in [-0.05, 0) is 41.2 Å². The number of nitrogens with one attached hydrogen (secondary N) is 2. The molecule has 7 nitrogen and oxygen atoms in total. The second kappa shape index (κ2) is 10.8. The number of nitrogens with zero attached hydrogens (tertiary/aromatic N) is 1. The maximum Gasteiger partial charge on any atom is 0.407 e. The summed E-state index contributed by atoms with van der Waals surface area (Å²) in [7, 11) is 1.55. The third kappa shape index (κ3) is 8.45. The van der Waals surface area contributed by atoms with Crippen LogP contribution in [0, 0.1) is 3.57 Å². The second-order valence-corrected chi connectivity index (χ2v) is 5.28. The number of hydrogen-bond donors (Lipinski definition) is 2. The van der Waals surface area contributed by atoms with Crippen LogP contribution in [0.2, 0.25) is 0 Å². The van der Waals surface area contributed by atoms with Crippen molar-refractivity contribution in [3.8, 4) is 5.88 Å². The predicted molar refractivity (Wildman–Crippen MR) is 89.6 cm³/mol. The minimum atomic E-state index is -0.521. The lowest BCUT2D eigenvalue weighted by atomic mass is 10.3. The maximum absolute atomic E-state index is 11.3. The predicted octanol–water partition coefficient (Wildman–Crippen LogP) is 1.48. The number of ether oxygens (including phenoxy) is 2. The number of amides is 2. The highest BCUT2D eigenvalue weighted by atomic mass is 127. The van der Waals surface area contributed by atoms with Gasteiger partial charge in [-0.3, -0.25) is 4.79 Å². The highest BCUT2D eigenvalue weighted by Gasteiger charge is 2.01. The first kappa shape index (κ1) is 18.2. The number of carbonyl (C=O) groups is 2. The summed E-state index contributed by atoms with van der Waals surface area (Å²) < 4.78 is 11.3. The molecule has 1 heterocycles. The van der Waals surface area contributed by atoms with E-state index in [1.54, 1.807) is 25.4 Å². The second-order valence-electron chi connectivity index (χ2n) is 4.03. The maximum atomic E-state index is 11.3. The minimum absolute atomic E-state index is 0.133. The number of pyridine rings is 1. The molecule has 22 heavy (non-hydrogen) atoms. The molecule has 2 amide bonds. The van der Waals surface area contributed by atoms with Crippen molar-refractivity contribution < 1.29 is 19.1 Å². The van der Waals surface area contributed by atoms with E-state index in [4.69, 9.17) is 9.47 Å². The summed E-state index contributed by atoms with van der Waals surface area (Å²) in [6.07, 6.45) is 4.80. The van der Waals surface area contributed by atoms with Crippen molar-refractivity contribution in [1.29, 1.82) is 0 Å². The Kier molecular flexibility index (Phi) is 8.96. The quantitative estimate of drug-likeness (QED) is 0.379. The molecule has 0 unspecified atom stereocenters. The number of rotatable bonds is 8. The van der Waals surface area contributed by atoms with Gasteiger partial charge in [-0.2, -0.15) is 0 Å². The normalized spacial score (nSPS) is 10.3. The molecule has 0 spiro atoms. The fourth-order valence-corrected chi connectivity index (χ4v) is 1.63. The van der Waals surface area contributed by atoms with E-state index in [0.29, 0.717) is 18.8 Å². The van der Waals surface area contributed by atoms with E-state index < -0.39 is 6.09 Å². The van der Waals surface area contributed by atoms with E-state index in [0.717, 1.165) is 3.57 Å². The van der Waals surface area contributed by atoms with Crippen LogP contribution in [-0.2, 0) is 9.53 Å². The molecular weight excluding hydrogens is 401 g/mol. The summed E-state index contributed by atoms with van der Waals surface area (Å²) in [4.78, 5) is 26.3. The van der Waals surface area contributed by atoms with Crippen LogP contribution in [-0.4, -0.2) is 43.8 Å². The van der Waals surface area contributed by atoms with Crippen LogP contribution in [0.3, 0.4) is 0 Å². The van der Waals surface area contributed by atoms with Gasteiger partial charge in [0.15, 0.2) is 0 Å². The third-order valence-electron chi connectivity index (χ3n) is 2.36. The zero-order valence-corrected chi connectivity index (χ0v) is 14.3. The van der Waals surface area contributed by atoms with Crippen molar-refractivity contribution in [3.05, 3.63) is 34.1 Å². The average Bonchev–Trinajstić information content (AvgIpc) is 2.52. The number of likely N-dealkylation sites (N-methyl/N-ethyl adjacent to an activating group) is 1. The Morgan fingerprint density at radius 2 is 2.18 bits per heavy atom. The first-order valence-corrected chi connectivity index (χ1v) is 7.73. The van der Waals surface area contributed by atoms with Gasteiger partial charge >= 0.3 is 6.09 Å². The van der Waals surface area contributed by atoms with Crippen molar-refractivity contribution >= 4 is 34.6 Å². The van der Waals surface area contributed by atoms with Crippen molar-refractivity contribution in [1.82, 2.24) is 15.6 Å². The standard InChI is InChI=1S/C14H18IN3O4/c1-16-12(19)4-2-3-7-17-14(20)22-9-8-21-13-6-5-11(15)10-18-13/h2,4-6,10H,3,7-9H2,1H3,(H,16,19)(H,17,20)/b4-2+. The summed E-state index contributed by atoms with van der Waals surface area (Å²) in [6.45, 7) is 0.761. The van der Waals surface area contributed by atoms with Crippen LogP contribution in [0.25, 0.3) is 0 Å². The van der Waals surface area contributed by atoms with E-state index in [9.17, 15) is 9.59 Å². The Labute approximate surface area is 142 Å². The highest BCUT2D eigenvalue weighted by Crippen LogP contribution is 2.08. The molecule has 120 valence electrons. The lowest BCUT2D eigenvalue weighted by Crippen LogP contribution is -2.26. The van der Waals surface area contributed by atoms with Gasteiger partial charge in [0.25, 0.3) is 0 Å². The van der Waals surface area contributed by atoms with Crippen LogP contribution < -0.4 is 15.4 Å². The van der Waals surface area contributed by atoms with Crippen molar-refractivity contribution in [2.75, 3.05) is 26.8 Å². The SMILES string of the molecule is CNC(=O)/C=C/CCNC(=O)OCCOc1ccc(I)cn1. The summed E-state index contributed by atoms with van der Waals surface area (Å²) in [5.41, 5.74) is 0. The topological polar surface area (TPSA) is 89.6 Å². The molecule has 1 aromatic rings. The van der Waals surface area contributed by atoms with Crippen molar-refractivity contribution in [2.24, 2.45) is 0 Å². The summed E-state index contributed by atoms with van der Waals surface area (Å²) in [5, 5.41) is 5.02. The van der Waals surface area contributed by atoms with Crippen LogP contribution in [0.5, 0.6) is 5.88 Å². The monoisotopic (exact) mass is 419 g/mol. The molecule has 0 aliphatic carbocycles. The van der Waals surface area contributed by atoms with Crippen molar-refractivity contribution in [2.45, 2.75) is 6.42 Å². The average molecular weight is 419 g/mol. The van der Waals surface area contributed by atoms with E-state index in [1.807, 2.05) is 6.07 Å². The molecule has 0 fully saturated rings. The molecular formula is C14H18IN3O4. The fraction of sp³-hybridized carbons (Fsp3) is 0.357. The van der Waals surface area contributed by atoms with Gasteiger partial charge < -0.3 is 20.1 Å². The Morgan fingerprint density at radius 1 is 1.36 bits per heavy atom. The molecule has 1 rings (SSSR count). The van der Waals surface area contributed by atoms with Gasteiger partial charge in [0, 0.05) is 29.4 Å². The van der Waals surface area contributed by atoms with Gasteiger partial charge in [-0.25, -0.2) is 9.78 Å². The molecule has 0 bridgehead atoms. The zero-order chi connectivity index (χ0) is 16.2. The first-order chi connectivity index (χ1) is 10.6. The first-order valence-electron chi connectivity index (χ1n) is 6.65. The lowest BCUT2D eigenvalue weighted by molar-refractivity contribution is -0.116. The number of alkyl carbamates (subject to hydrolysis) is 1. The van der Waals surface area contributed by atoms with Crippen LogP contribution in [0.15, 0.2) is 30.5 Å². The molecule has 0 saturated carbocycles. The van der Waals surface area contributed by atoms with Crippen LogP contribution >= 0.6 is 22.6 Å². The molecule has 0 saturated heterocycles. The molecule has 8 heteroatoms. The highest BCUT2D eigenvalue weighted by molar-refractivity contribution is 14.1. The lowest BCUT2D eigenvalue weighted by Gasteiger charge is -2.07. The summed E-state index contributed by atoms with van der Waals surface area (Å²) in [5.74, 6) is 0.313. The fourth-order valence-electron chi connectivity index (χ4n) is 1.31. The molecule has 0 aliphatic heterocycles. The van der Waals surface area contributed by atoms with Gasteiger partial charge in [0.1, 0.15) is 13.2 Å². The number of aromatic nitrogens is 1. The molecule has 1 aromatic heterocycles. The van der Waals surface area contributed by atoms with E-state index in [1.165, 1.54) is 6.08 Å². The number of hydrogen-bond acceptors (Lipinski definition) is 5. The summed E-state index contributed by atoms with van der Waals surface area (Å²) in [6, 6.07) is 3.63. The smallest absolute Gasteiger partial charge is 0.407 e. The van der Waals surface area contributed by atoms with Gasteiger partial charge in [0.05, 0.1) is 0 Å². The Bertz CT molecular complexity index is 505. The van der Waals surface area contributed by atoms with Gasteiger partial charge in [0.2, 0.25) is 11.8 Å². The zero-order valence-electron chi connectivity index (χ0n) is 12.2. The van der Waals surface area contributed by atoms with Gasteiger partial charge in [-0.1, -0.05) is 6.08 Å². The Hall–Kier alpha value is -1.84. The summed E-state index contributed by atoms with van der Waals surface area (Å²) >= 11 is 2.15. The number of halogens is 1. The molecule has 2 N–H and O–H groups in total. The Morgan fingerprint density at radius 3 is 2.86 bits per heavy atom. The van der Waals surface area contributed by atoms with Crippen molar-refractivity contribution in [3.63, 3.8) is 0 Å². The van der Waals surface area contributed by atoms with Crippen LogP contribution in [0.4, 0.5) is 4.79 Å². The largest absolute Gasteiger partial charge is 0.474 e. The third-order valence-corrected chi connectivity index (χ3v) is 3.00. The molecule has 0 aromatic carbocycles. The molecule has 0 atom stereocenters.